The first kappa shape index (κ1) is 19.8. The molecule has 0 aliphatic carbocycles. The van der Waals surface area contributed by atoms with Crippen molar-refractivity contribution in [2.24, 2.45) is 0 Å². The summed E-state index contributed by atoms with van der Waals surface area (Å²) in [7, 11) is -5.05. The number of hydrogen-bond acceptors (Lipinski definition) is 8. The predicted molar refractivity (Wildman–Crippen MR) is 70.0 cm³/mol. The van der Waals surface area contributed by atoms with E-state index >= 15 is 0 Å². The Hall–Kier alpha value is -0.470. The predicted octanol–water partition coefficient (Wildman–Crippen LogP) is -4.51. The quantitative estimate of drug-likeness (QED) is 0.220. The van der Waals surface area contributed by atoms with Crippen LogP contribution in [0.25, 0.3) is 0 Å². The van der Waals surface area contributed by atoms with Crippen LogP contribution >= 0.6 is 0 Å². The second kappa shape index (κ2) is 7.83. The molecule has 11 nitrogen and oxygen atoms in total. The summed E-state index contributed by atoms with van der Waals surface area (Å²) < 4.78 is 41.3. The second-order valence-corrected chi connectivity index (χ2v) is 6.53. The summed E-state index contributed by atoms with van der Waals surface area (Å²) in [6.45, 7) is 1.06. The van der Waals surface area contributed by atoms with Gasteiger partial charge in [-0.25, -0.2) is 18.7 Å². The molecule has 130 valence electrons. The van der Waals surface area contributed by atoms with Gasteiger partial charge < -0.3 is 14.2 Å². The largest absolute Gasteiger partial charge is 1.00 e. The van der Waals surface area contributed by atoms with Gasteiger partial charge in [0.25, 0.3) is 5.91 Å². The minimum Gasteiger partial charge on any atom is -0.724 e. The summed E-state index contributed by atoms with van der Waals surface area (Å²) in [4.78, 5) is 30.7. The number of carbonyl (C=O) groups is 2. The van der Waals surface area contributed by atoms with Gasteiger partial charge in [0.2, 0.25) is 10.4 Å². The van der Waals surface area contributed by atoms with Crippen molar-refractivity contribution >= 4 is 22.3 Å². The van der Waals surface area contributed by atoms with E-state index in [-0.39, 0.29) is 42.2 Å². The van der Waals surface area contributed by atoms with Crippen LogP contribution in [-0.2, 0) is 29.1 Å². The zero-order chi connectivity index (χ0) is 16.6. The number of nitrogens with one attached hydrogen (secondary N) is 1. The van der Waals surface area contributed by atoms with Crippen LogP contribution in [0.1, 0.15) is 19.3 Å². The van der Waals surface area contributed by atoms with Gasteiger partial charge in [0, 0.05) is 19.6 Å². The van der Waals surface area contributed by atoms with Crippen LogP contribution in [0.15, 0.2) is 0 Å². The van der Waals surface area contributed by atoms with E-state index in [0.29, 0.717) is 37.5 Å². The summed E-state index contributed by atoms with van der Waals surface area (Å²) in [6, 6.07) is -2.19. The Bertz CT molecular complexity index is 596. The van der Waals surface area contributed by atoms with E-state index in [2.05, 4.69) is 9.76 Å². The molecule has 24 heavy (non-hydrogen) atoms. The SMILES string of the molecule is O=C(NOC1CCOC1)[C@@H]1CC[C@@H]2CN1C(=O)N2OS(=O)(=O)[O-].[Na+]. The van der Waals surface area contributed by atoms with E-state index < -0.39 is 34.4 Å². The smallest absolute Gasteiger partial charge is 0.724 e. The van der Waals surface area contributed by atoms with E-state index in [1.807, 2.05) is 0 Å². The molecular weight excluding hydrogens is 357 g/mol. The van der Waals surface area contributed by atoms with Crippen molar-refractivity contribution in [2.75, 3.05) is 19.8 Å². The average molecular weight is 373 g/mol. The number of hydrogen-bond donors (Lipinski definition) is 1. The second-order valence-electron chi connectivity index (χ2n) is 5.56. The Morgan fingerprint density at radius 3 is 2.71 bits per heavy atom. The van der Waals surface area contributed by atoms with Gasteiger partial charge in [0.1, 0.15) is 12.1 Å². The maximum atomic E-state index is 12.2. The number of amides is 3. The molecule has 0 aromatic heterocycles. The van der Waals surface area contributed by atoms with Gasteiger partial charge in [-0.3, -0.25) is 9.63 Å². The van der Waals surface area contributed by atoms with Gasteiger partial charge in [-0.05, 0) is 12.8 Å². The van der Waals surface area contributed by atoms with E-state index in [0.717, 1.165) is 0 Å². The number of fused-ring (bicyclic) bond motifs is 2. The molecule has 13 heteroatoms. The van der Waals surface area contributed by atoms with Gasteiger partial charge in [0.05, 0.1) is 12.6 Å². The van der Waals surface area contributed by atoms with Gasteiger partial charge in [-0.2, -0.15) is 9.35 Å². The third-order valence-corrected chi connectivity index (χ3v) is 4.35. The Labute approximate surface area is 160 Å². The third-order valence-electron chi connectivity index (χ3n) is 4.01. The Morgan fingerprint density at radius 2 is 2.08 bits per heavy atom. The molecule has 0 aromatic carbocycles. The van der Waals surface area contributed by atoms with Gasteiger partial charge in [-0.15, -0.1) is 0 Å². The number of ether oxygens (including phenoxy) is 1. The van der Waals surface area contributed by atoms with Crippen molar-refractivity contribution in [3.8, 4) is 0 Å². The Morgan fingerprint density at radius 1 is 1.33 bits per heavy atom. The van der Waals surface area contributed by atoms with Crippen LogP contribution in [0, 0.1) is 0 Å². The van der Waals surface area contributed by atoms with Crippen LogP contribution in [0.4, 0.5) is 4.79 Å². The Balaban J connectivity index is 0.00000208. The van der Waals surface area contributed by atoms with Crippen LogP contribution in [-0.4, -0.2) is 72.8 Å². The zero-order valence-corrected chi connectivity index (χ0v) is 15.9. The van der Waals surface area contributed by atoms with Crippen LogP contribution in [0.5, 0.6) is 0 Å². The summed E-state index contributed by atoms with van der Waals surface area (Å²) in [5.74, 6) is -0.504. The van der Waals surface area contributed by atoms with E-state index in [1.54, 1.807) is 0 Å². The van der Waals surface area contributed by atoms with Gasteiger partial charge in [-0.1, -0.05) is 0 Å². The van der Waals surface area contributed by atoms with Crippen molar-refractivity contribution in [3.05, 3.63) is 0 Å². The van der Waals surface area contributed by atoms with E-state index in [1.165, 1.54) is 4.90 Å². The summed E-state index contributed by atoms with van der Waals surface area (Å²) in [5.41, 5.74) is 2.31. The number of carbonyl (C=O) groups excluding carboxylic acids is 2. The van der Waals surface area contributed by atoms with Crippen LogP contribution in [0.2, 0.25) is 0 Å². The monoisotopic (exact) mass is 373 g/mol. The molecule has 3 aliphatic heterocycles. The fraction of sp³-hybridized carbons (Fsp3) is 0.818. The van der Waals surface area contributed by atoms with Crippen LogP contribution in [0.3, 0.4) is 0 Å². The molecule has 1 unspecified atom stereocenters. The molecular formula is C11H16N3NaO8S. The first-order valence-electron chi connectivity index (χ1n) is 7.13. The number of nitrogens with zero attached hydrogens (tertiary/aromatic N) is 2. The molecule has 0 spiro atoms. The van der Waals surface area contributed by atoms with Crippen molar-refractivity contribution in [2.45, 2.75) is 37.5 Å². The fourth-order valence-corrected chi connectivity index (χ4v) is 3.30. The van der Waals surface area contributed by atoms with Gasteiger partial charge >= 0.3 is 35.6 Å². The van der Waals surface area contributed by atoms with Crippen molar-refractivity contribution < 1.29 is 66.0 Å². The molecule has 3 fully saturated rings. The van der Waals surface area contributed by atoms with E-state index in [4.69, 9.17) is 9.57 Å². The zero-order valence-electron chi connectivity index (χ0n) is 13.0. The number of urea groups is 1. The molecule has 3 aliphatic rings. The Kier molecular flexibility index (Phi) is 6.47. The molecule has 3 atom stereocenters. The maximum absolute atomic E-state index is 12.2. The molecule has 2 bridgehead atoms. The molecule has 3 saturated heterocycles. The summed E-state index contributed by atoms with van der Waals surface area (Å²) in [5, 5.41) is 0.529. The van der Waals surface area contributed by atoms with Gasteiger partial charge in [0.15, 0.2) is 0 Å². The number of hydroxylamine groups is 3. The standard InChI is InChI=1S/C11H17N3O8S.Na/c15-10(12-21-8-3-4-20-6-8)9-2-1-7-5-13(9)11(16)14(7)22-23(17,18)19;/h7-9H,1-6H2,(H,12,15)(H,17,18,19);/q;+1/p-1/t7-,8?,9+;/m1./s1. The third kappa shape index (κ3) is 4.38. The molecule has 0 radical (unpaired) electrons. The molecule has 3 rings (SSSR count). The topological polar surface area (TPSA) is 138 Å². The van der Waals surface area contributed by atoms with Crippen LogP contribution < -0.4 is 35.0 Å². The summed E-state index contributed by atoms with van der Waals surface area (Å²) in [6.07, 6.45) is 1.09. The number of piperidine rings is 1. The molecule has 3 amide bonds. The first-order chi connectivity index (χ1) is 10.8. The number of rotatable bonds is 5. The van der Waals surface area contributed by atoms with E-state index in [9.17, 15) is 22.6 Å². The van der Waals surface area contributed by atoms with Crippen molar-refractivity contribution in [3.63, 3.8) is 0 Å². The average Bonchev–Trinajstić information content (AvgIpc) is 3.08. The molecule has 1 N–H and O–H groups in total. The molecule has 3 heterocycles. The first-order valence-corrected chi connectivity index (χ1v) is 8.47. The fourth-order valence-electron chi connectivity index (χ4n) is 2.92. The normalized spacial score (nSPS) is 29.5. The molecule has 0 aromatic rings. The minimum atomic E-state index is -5.05. The molecule has 0 saturated carbocycles. The minimum absolute atomic E-state index is 0. The summed E-state index contributed by atoms with van der Waals surface area (Å²) >= 11 is 0. The maximum Gasteiger partial charge on any atom is 1.00 e. The van der Waals surface area contributed by atoms with Crippen molar-refractivity contribution in [1.29, 1.82) is 0 Å². The van der Waals surface area contributed by atoms with Crippen molar-refractivity contribution in [1.82, 2.24) is 15.4 Å².